The Hall–Kier alpha value is -3.06. The molecular formula is C23H28N2O5. The van der Waals surface area contributed by atoms with Crippen LogP contribution in [0, 0.1) is 0 Å². The van der Waals surface area contributed by atoms with Gasteiger partial charge in [-0.05, 0) is 48.9 Å². The van der Waals surface area contributed by atoms with Crippen molar-refractivity contribution in [3.63, 3.8) is 0 Å². The molecule has 1 aliphatic heterocycles. The minimum atomic E-state index is -0.440. The molecule has 7 heteroatoms. The number of imide groups is 1. The Morgan fingerprint density at radius 3 is 2.23 bits per heavy atom. The number of amides is 2. The number of ether oxygens (including phenoxy) is 3. The van der Waals surface area contributed by atoms with Crippen LogP contribution in [0.15, 0.2) is 42.5 Å². The van der Waals surface area contributed by atoms with Crippen LogP contribution in [0.2, 0.25) is 0 Å². The number of carbonyl (C=O) groups excluding carboxylic acids is 2. The third-order valence-corrected chi connectivity index (χ3v) is 5.42. The number of nitrogens with zero attached hydrogens (tertiary/aromatic N) is 2. The van der Waals surface area contributed by atoms with Crippen LogP contribution in [-0.4, -0.2) is 62.6 Å². The second-order valence-corrected chi connectivity index (χ2v) is 7.31. The topological polar surface area (TPSA) is 68.3 Å². The summed E-state index contributed by atoms with van der Waals surface area (Å²) in [5.41, 5.74) is 2.03. The van der Waals surface area contributed by atoms with Crippen LogP contribution in [0.5, 0.6) is 17.2 Å². The zero-order valence-corrected chi connectivity index (χ0v) is 17.9. The maximum atomic E-state index is 12.9. The zero-order chi connectivity index (χ0) is 21.7. The Morgan fingerprint density at radius 1 is 0.933 bits per heavy atom. The van der Waals surface area contributed by atoms with Crippen molar-refractivity contribution < 1.29 is 23.8 Å². The molecular weight excluding hydrogens is 384 g/mol. The number of methoxy groups -OCH3 is 3. The first kappa shape index (κ1) is 21.6. The van der Waals surface area contributed by atoms with Crippen molar-refractivity contribution >= 4 is 11.8 Å². The van der Waals surface area contributed by atoms with E-state index >= 15 is 0 Å². The molecule has 30 heavy (non-hydrogen) atoms. The number of rotatable bonds is 9. The van der Waals surface area contributed by atoms with Gasteiger partial charge in [0.2, 0.25) is 11.8 Å². The van der Waals surface area contributed by atoms with Crippen LogP contribution in [0.1, 0.15) is 17.5 Å². The van der Waals surface area contributed by atoms with E-state index in [4.69, 9.17) is 14.2 Å². The molecule has 1 fully saturated rings. The maximum Gasteiger partial charge on any atom is 0.247 e. The minimum absolute atomic E-state index is 0.132. The van der Waals surface area contributed by atoms with Crippen molar-refractivity contribution in [1.29, 1.82) is 0 Å². The van der Waals surface area contributed by atoms with Crippen LogP contribution >= 0.6 is 0 Å². The van der Waals surface area contributed by atoms with Gasteiger partial charge in [-0.25, -0.2) is 0 Å². The normalized spacial score (nSPS) is 16.3. The summed E-state index contributed by atoms with van der Waals surface area (Å²) in [6.45, 7) is 0.928. The smallest absolute Gasteiger partial charge is 0.247 e. The maximum absolute atomic E-state index is 12.9. The largest absolute Gasteiger partial charge is 0.497 e. The molecule has 2 aromatic carbocycles. The lowest BCUT2D eigenvalue weighted by Crippen LogP contribution is -2.40. The van der Waals surface area contributed by atoms with E-state index in [1.807, 2.05) is 54.4 Å². The van der Waals surface area contributed by atoms with E-state index in [0.29, 0.717) is 31.0 Å². The average Bonchev–Trinajstić information content (AvgIpc) is 3.06. The third-order valence-electron chi connectivity index (χ3n) is 5.42. The Bertz CT molecular complexity index is 897. The van der Waals surface area contributed by atoms with Gasteiger partial charge in [-0.15, -0.1) is 0 Å². The Morgan fingerprint density at radius 2 is 1.60 bits per heavy atom. The Balaban J connectivity index is 1.61. The molecule has 1 saturated heterocycles. The van der Waals surface area contributed by atoms with E-state index in [-0.39, 0.29) is 18.2 Å². The molecule has 1 heterocycles. The van der Waals surface area contributed by atoms with Crippen molar-refractivity contribution in [2.24, 2.45) is 0 Å². The van der Waals surface area contributed by atoms with E-state index in [0.717, 1.165) is 16.9 Å². The number of likely N-dealkylation sites (N-methyl/N-ethyl adjacent to an activating group) is 1. The summed E-state index contributed by atoms with van der Waals surface area (Å²) in [5, 5.41) is 0. The lowest BCUT2D eigenvalue weighted by atomic mass is 10.1. The molecule has 7 nitrogen and oxygen atoms in total. The lowest BCUT2D eigenvalue weighted by Gasteiger charge is -2.23. The predicted molar refractivity (Wildman–Crippen MR) is 113 cm³/mol. The SMILES string of the molecule is COc1ccc(CN(C)C2CC(=O)N(CCc3ccc(OC)c(OC)c3)C2=O)cc1. The van der Waals surface area contributed by atoms with Gasteiger partial charge in [0.25, 0.3) is 0 Å². The van der Waals surface area contributed by atoms with Crippen LogP contribution in [-0.2, 0) is 22.6 Å². The molecule has 0 bridgehead atoms. The van der Waals surface area contributed by atoms with Gasteiger partial charge in [-0.2, -0.15) is 0 Å². The van der Waals surface area contributed by atoms with Crippen LogP contribution in [0.4, 0.5) is 0 Å². The summed E-state index contributed by atoms with van der Waals surface area (Å²) >= 11 is 0. The van der Waals surface area contributed by atoms with Crippen LogP contribution in [0.3, 0.4) is 0 Å². The average molecular weight is 412 g/mol. The molecule has 0 aliphatic carbocycles. The highest BCUT2D eigenvalue weighted by atomic mass is 16.5. The lowest BCUT2D eigenvalue weighted by molar-refractivity contribution is -0.139. The quantitative estimate of drug-likeness (QED) is 0.590. The second-order valence-electron chi connectivity index (χ2n) is 7.31. The zero-order valence-electron chi connectivity index (χ0n) is 17.9. The van der Waals surface area contributed by atoms with Crippen molar-refractivity contribution in [2.45, 2.75) is 25.4 Å². The van der Waals surface area contributed by atoms with Gasteiger partial charge in [-0.1, -0.05) is 18.2 Å². The Labute approximate surface area is 177 Å². The number of hydrogen-bond donors (Lipinski definition) is 0. The highest BCUT2D eigenvalue weighted by Gasteiger charge is 2.40. The molecule has 2 aromatic rings. The van der Waals surface area contributed by atoms with Gasteiger partial charge >= 0.3 is 0 Å². The fraction of sp³-hybridized carbons (Fsp3) is 0.391. The first-order valence-corrected chi connectivity index (χ1v) is 9.85. The Kier molecular flexibility index (Phi) is 6.95. The van der Waals surface area contributed by atoms with Gasteiger partial charge in [-0.3, -0.25) is 19.4 Å². The van der Waals surface area contributed by atoms with Gasteiger partial charge in [0.1, 0.15) is 5.75 Å². The molecule has 3 rings (SSSR count). The summed E-state index contributed by atoms with van der Waals surface area (Å²) in [7, 11) is 6.67. The molecule has 0 aromatic heterocycles. The molecule has 1 aliphatic rings. The fourth-order valence-corrected chi connectivity index (χ4v) is 3.65. The molecule has 0 N–H and O–H groups in total. The minimum Gasteiger partial charge on any atom is -0.497 e. The molecule has 0 saturated carbocycles. The molecule has 1 unspecified atom stereocenters. The highest BCUT2D eigenvalue weighted by Crippen LogP contribution is 2.28. The monoisotopic (exact) mass is 412 g/mol. The number of likely N-dealkylation sites (tertiary alicyclic amines) is 1. The van der Waals surface area contributed by atoms with E-state index in [1.165, 1.54) is 4.90 Å². The van der Waals surface area contributed by atoms with Gasteiger partial charge < -0.3 is 14.2 Å². The van der Waals surface area contributed by atoms with E-state index in [2.05, 4.69) is 0 Å². The molecule has 0 spiro atoms. The number of hydrogen-bond acceptors (Lipinski definition) is 6. The number of benzene rings is 2. The standard InChI is InChI=1S/C23H28N2O5/c1-24(15-17-5-8-18(28-2)9-6-17)19-14-22(26)25(23(19)27)12-11-16-7-10-20(29-3)21(13-16)30-4/h5-10,13,19H,11-12,14-15H2,1-4H3. The molecule has 1 atom stereocenters. The van der Waals surface area contributed by atoms with Crippen molar-refractivity contribution in [3.8, 4) is 17.2 Å². The van der Waals surface area contributed by atoms with Crippen molar-refractivity contribution in [2.75, 3.05) is 34.9 Å². The fourth-order valence-electron chi connectivity index (χ4n) is 3.65. The van der Waals surface area contributed by atoms with Crippen LogP contribution in [0.25, 0.3) is 0 Å². The second kappa shape index (κ2) is 9.63. The molecule has 160 valence electrons. The summed E-state index contributed by atoms with van der Waals surface area (Å²) < 4.78 is 15.7. The summed E-state index contributed by atoms with van der Waals surface area (Å²) in [6, 6.07) is 12.9. The summed E-state index contributed by atoms with van der Waals surface area (Å²) in [5.74, 6) is 1.79. The van der Waals surface area contributed by atoms with Crippen molar-refractivity contribution in [1.82, 2.24) is 9.80 Å². The van der Waals surface area contributed by atoms with E-state index < -0.39 is 6.04 Å². The predicted octanol–water partition coefficient (Wildman–Crippen LogP) is 2.51. The summed E-state index contributed by atoms with van der Waals surface area (Å²) in [4.78, 5) is 28.7. The van der Waals surface area contributed by atoms with Gasteiger partial charge in [0.05, 0.1) is 33.8 Å². The summed E-state index contributed by atoms with van der Waals surface area (Å²) in [6.07, 6.45) is 0.768. The molecule has 2 amide bonds. The van der Waals surface area contributed by atoms with E-state index in [1.54, 1.807) is 21.3 Å². The van der Waals surface area contributed by atoms with Crippen LogP contribution < -0.4 is 14.2 Å². The number of carbonyl (C=O) groups is 2. The van der Waals surface area contributed by atoms with E-state index in [9.17, 15) is 9.59 Å². The van der Waals surface area contributed by atoms with Crippen molar-refractivity contribution in [3.05, 3.63) is 53.6 Å². The van der Waals surface area contributed by atoms with Gasteiger partial charge in [0, 0.05) is 13.1 Å². The highest BCUT2D eigenvalue weighted by molar-refractivity contribution is 6.05. The third kappa shape index (κ3) is 4.74. The van der Waals surface area contributed by atoms with Gasteiger partial charge in [0.15, 0.2) is 11.5 Å². The first-order chi connectivity index (χ1) is 14.5. The molecule has 0 radical (unpaired) electrons. The first-order valence-electron chi connectivity index (χ1n) is 9.85.